The van der Waals surface area contributed by atoms with Gasteiger partial charge in [-0.2, -0.15) is 0 Å². The highest BCUT2D eigenvalue weighted by atomic mass is 32.1. The highest BCUT2D eigenvalue weighted by Crippen LogP contribution is 2.66. The van der Waals surface area contributed by atoms with Crippen molar-refractivity contribution in [2.75, 3.05) is 19.6 Å². The van der Waals surface area contributed by atoms with Crippen LogP contribution in [0.2, 0.25) is 0 Å². The standard InChI is InChI=1S/C106H120B2N4O2S2/c1-95(2,3)61-29-35-65(36-30-61)109-80-53-68(112-79-41-34-64(98(10,11)12)52-76(79)104(22)44-26-28-46-106(104,112)24)56-84-87(80)107(93-90(109)69-57-71-73(59-85(69)115-93)101(17,18)49-47-99(71,13)14)77-39-42-82-89(92(77)114-84)108-88-81(54-67(55-83(88)113-82)111-78-40-33-63(97(7,8)9)51-75(78)103(21)43-25-27-45-105(103,111)23)110(66-37-31-62(32-38-66)96(4,5)6)91-70-58-72-74(60-86(70)116-94(91)108)102(19,20)50-48-100(72,15)16/h29-42,51-60H,25-28,43-50H2,1-24H3/i7D3,10D3,11D3,22D3,23D3,24D3. The third kappa shape index (κ3) is 10.3. The van der Waals surface area contributed by atoms with Gasteiger partial charge in [0, 0.05) is 128 Å². The molecule has 10 heteroatoms. The number of hydrogen-bond donors (Lipinski definition) is 0. The van der Waals surface area contributed by atoms with Crippen LogP contribution >= 0.6 is 22.7 Å². The minimum Gasteiger partial charge on any atom is -0.459 e. The second-order valence-electron chi connectivity index (χ2n) is 42.2. The number of anilines is 10. The predicted molar refractivity (Wildman–Crippen MR) is 500 cm³/mol. The number of fused-ring (bicyclic) bond motifs is 21. The molecule has 0 radical (unpaired) electrons. The summed E-state index contributed by atoms with van der Waals surface area (Å²) in [6.07, 6.45) is 6.40. The summed E-state index contributed by atoms with van der Waals surface area (Å²) in [6, 6.07) is 50.2. The highest BCUT2D eigenvalue weighted by Gasteiger charge is 2.62. The van der Waals surface area contributed by atoms with Gasteiger partial charge in [0.25, 0.3) is 13.4 Å². The lowest BCUT2D eigenvalue weighted by atomic mass is 9.33. The van der Waals surface area contributed by atoms with Crippen LogP contribution in [0, 0.1) is 0 Å². The Morgan fingerprint density at radius 2 is 0.776 bits per heavy atom. The lowest BCUT2D eigenvalue weighted by molar-refractivity contribution is 0.194. The van der Waals surface area contributed by atoms with E-state index in [1.165, 1.54) is 41.3 Å². The van der Waals surface area contributed by atoms with E-state index in [0.29, 0.717) is 83.4 Å². The van der Waals surface area contributed by atoms with Crippen molar-refractivity contribution in [2.24, 2.45) is 0 Å². The fourth-order valence-electron chi connectivity index (χ4n) is 23.1. The van der Waals surface area contributed by atoms with Gasteiger partial charge in [0.2, 0.25) is 0 Å². The predicted octanol–water partition coefficient (Wildman–Crippen LogP) is 26.3. The second kappa shape index (κ2) is 23.9. The van der Waals surface area contributed by atoms with E-state index in [0.717, 1.165) is 129 Å². The Morgan fingerprint density at radius 3 is 1.25 bits per heavy atom. The Hall–Kier alpha value is -8.17. The van der Waals surface area contributed by atoms with Gasteiger partial charge >= 0.3 is 0 Å². The van der Waals surface area contributed by atoms with Gasteiger partial charge in [-0.15, -0.1) is 22.7 Å². The largest absolute Gasteiger partial charge is 0.459 e. The topological polar surface area (TPSA) is 31.4 Å². The molecule has 0 amide bonds. The summed E-state index contributed by atoms with van der Waals surface area (Å²) in [5.74, 6) is 1.88. The van der Waals surface area contributed by atoms with Crippen LogP contribution in [0.15, 0.2) is 146 Å². The molecule has 116 heavy (non-hydrogen) atoms. The smallest absolute Gasteiger partial charge is 0.273 e. The zero-order valence-corrected chi connectivity index (χ0v) is 72.6. The molecule has 6 aliphatic heterocycles. The molecule has 2 aromatic heterocycles. The van der Waals surface area contributed by atoms with Gasteiger partial charge in [-0.3, -0.25) is 0 Å². The van der Waals surface area contributed by atoms with Crippen LogP contribution in [0.4, 0.5) is 56.9 Å². The van der Waals surface area contributed by atoms with Crippen LogP contribution in [-0.2, 0) is 54.1 Å². The maximum absolute atomic E-state index is 10.4. The first-order valence-corrected chi connectivity index (χ1v) is 44.4. The van der Waals surface area contributed by atoms with Crippen LogP contribution in [0.25, 0.3) is 20.2 Å². The number of thiophene rings is 2. The summed E-state index contributed by atoms with van der Waals surface area (Å²) < 4.78 is 194. The number of ether oxygens (including phenoxy) is 2. The molecule has 21 rings (SSSR count). The molecule has 4 atom stereocenters. The lowest BCUT2D eigenvalue weighted by Gasteiger charge is -2.51. The van der Waals surface area contributed by atoms with Gasteiger partial charge < -0.3 is 29.1 Å². The fourth-order valence-corrected chi connectivity index (χ4v) is 25.8. The van der Waals surface area contributed by atoms with Gasteiger partial charge in [0.1, 0.15) is 23.0 Å². The Balaban J connectivity index is 0.893. The Kier molecular flexibility index (Phi) is 11.9. The van der Waals surface area contributed by atoms with E-state index in [4.69, 9.17) is 21.8 Å². The maximum Gasteiger partial charge on any atom is 0.273 e. The van der Waals surface area contributed by atoms with Crippen molar-refractivity contribution in [1.82, 2.24) is 0 Å². The molecule has 10 aliphatic rings. The monoisotopic (exact) mass is 1590 g/mol. The number of nitrogens with zero attached hydrogens (tertiary/aromatic N) is 4. The molecule has 6 nitrogen and oxygen atoms in total. The van der Waals surface area contributed by atoms with Crippen LogP contribution in [0.3, 0.4) is 0 Å². The van der Waals surface area contributed by atoms with Crippen LogP contribution in [0.1, 0.15) is 323 Å². The first kappa shape index (κ1) is 57.9. The van der Waals surface area contributed by atoms with E-state index in [2.05, 4.69) is 216 Å². The molecule has 0 bridgehead atoms. The van der Waals surface area contributed by atoms with Crippen molar-refractivity contribution >= 4 is 145 Å². The molecule has 594 valence electrons. The van der Waals surface area contributed by atoms with Crippen molar-refractivity contribution in [2.45, 2.75) is 308 Å². The summed E-state index contributed by atoms with van der Waals surface area (Å²) in [7, 11) is 0. The van der Waals surface area contributed by atoms with Gasteiger partial charge in [-0.1, -0.05) is 232 Å². The minimum absolute atomic E-state index is 0.0454. The zero-order chi connectivity index (χ0) is 96.4. The molecule has 0 spiro atoms. The molecule has 4 aliphatic carbocycles. The van der Waals surface area contributed by atoms with Crippen molar-refractivity contribution in [3.8, 4) is 23.0 Å². The molecule has 8 heterocycles. The van der Waals surface area contributed by atoms with E-state index >= 15 is 0 Å². The number of hydrogen-bond acceptors (Lipinski definition) is 8. The fraction of sp³-hybridized carbons (Fsp3) is 0.453. The van der Waals surface area contributed by atoms with Crippen LogP contribution < -0.4 is 60.5 Å². The highest BCUT2D eigenvalue weighted by molar-refractivity contribution is 7.35. The second-order valence-corrected chi connectivity index (χ2v) is 44.4. The summed E-state index contributed by atoms with van der Waals surface area (Å²) in [6.45, 7) is 20.0. The molecule has 2 fully saturated rings. The molecule has 4 unspecified atom stereocenters. The van der Waals surface area contributed by atoms with E-state index in [1.807, 2.05) is 30.3 Å². The van der Waals surface area contributed by atoms with E-state index < -0.39 is 87.3 Å². The molecular formula is C106H120B2N4O2S2. The summed E-state index contributed by atoms with van der Waals surface area (Å²) in [4.78, 5) is 8.59. The normalized spacial score (nSPS) is 26.8. The van der Waals surface area contributed by atoms with E-state index in [1.54, 1.807) is 47.5 Å². The quantitative estimate of drug-likeness (QED) is 0.163. The van der Waals surface area contributed by atoms with E-state index in [9.17, 15) is 12.3 Å². The molecule has 0 N–H and O–H groups in total. The molecule has 9 aromatic carbocycles. The summed E-state index contributed by atoms with van der Waals surface area (Å²) >= 11 is 3.53. The van der Waals surface area contributed by atoms with Crippen molar-refractivity contribution < 1.29 is 34.1 Å². The maximum atomic E-state index is 10.4. The first-order valence-electron chi connectivity index (χ1n) is 51.8. The third-order valence-electron chi connectivity index (χ3n) is 30.3. The van der Waals surface area contributed by atoms with Gasteiger partial charge in [0.05, 0.1) is 22.5 Å². The average Bonchev–Trinajstić information content (AvgIpc) is 1.48. The Morgan fingerprint density at radius 1 is 0.353 bits per heavy atom. The van der Waals surface area contributed by atoms with E-state index in [-0.39, 0.29) is 62.1 Å². The van der Waals surface area contributed by atoms with Gasteiger partial charge in [0.15, 0.2) is 0 Å². The van der Waals surface area contributed by atoms with Crippen molar-refractivity contribution in [3.05, 3.63) is 201 Å². The minimum atomic E-state index is -3.15. The Labute approximate surface area is 726 Å². The molecule has 0 saturated heterocycles. The molecule has 11 aromatic rings. The summed E-state index contributed by atoms with van der Waals surface area (Å²) in [5, 5.41) is 2.07. The summed E-state index contributed by atoms with van der Waals surface area (Å²) in [5.41, 5.74) is 6.21. The average molecular weight is 1590 g/mol. The van der Waals surface area contributed by atoms with Gasteiger partial charge in [-0.05, 0) is 259 Å². The van der Waals surface area contributed by atoms with Crippen molar-refractivity contribution in [3.63, 3.8) is 0 Å². The first-order chi connectivity index (χ1) is 61.9. The third-order valence-corrected chi connectivity index (χ3v) is 32.7. The molecular weight excluding hydrogens is 1450 g/mol. The van der Waals surface area contributed by atoms with Crippen LogP contribution in [0.5, 0.6) is 23.0 Å². The lowest BCUT2D eigenvalue weighted by Crippen LogP contribution is -2.63. The van der Waals surface area contributed by atoms with Crippen molar-refractivity contribution in [1.29, 1.82) is 0 Å². The SMILES string of the molecule is [2H]C([2H])([2H])C(C)(C)c1ccc2c(c1)C1(C)CCCCC1(C([2H])([2H])[2H])N2c1cc2c3c(c1)N(c1ccc(C(C)(C)C)cc1)c1c(sc4cc5c(cc14)C(C)(C)CCC5(C)C)B3c1c(ccc3c1Oc1cc(N4c5ccc(C(C)(C([2H])([2H])[2H])C([2H])([2H])[2H])cc5C5(C([2H])([2H])[2H])CCCCC45C([2H])([2H])[2H])cc4c1B3c1sc3cc5c(cc3c1N4c1ccc(C(C)(C)C)cc1)C(C)(C)CCC5(C)C)O2. The number of rotatable bonds is 4. The van der Waals surface area contributed by atoms with Gasteiger partial charge in [-0.25, -0.2) is 0 Å². The number of benzene rings is 9. The zero-order valence-electron chi connectivity index (χ0n) is 88.9. The Bertz CT molecular complexity index is 6840. The van der Waals surface area contributed by atoms with Crippen LogP contribution in [-0.4, -0.2) is 24.5 Å². The molecule has 2 saturated carbocycles.